The fraction of sp³-hybridized carbons (Fsp3) is 0.408. The average molecular weight is 978 g/mol. The van der Waals surface area contributed by atoms with Gasteiger partial charge in [-0.3, -0.25) is 39.0 Å². The standard InChI is InChI=1S/C49H53F2N11O9/c50-30-6-9-36(51)35(27-30)39-4-2-17-60(39)42-14-20-61-45(57-42)38(29-53-61)56-46(65)37-3-1-5-41(55-37)54-31-12-18-59(19-13-31)44(64)15-21-69-23-25-71-26-24-70-22-16-52-32-7-8-33-34(28-32)49(68)62(48(33)67)40-10-11-43(63)58-47(40)66/h1,3,5-9,14,20,27-29,31,39-40,52H,2,4,10-13,15-19,21-26H2,(H,54,55)(H,56,65)(H,58,63,66)/t39-,40?/m1/s1. The lowest BCUT2D eigenvalue weighted by Crippen LogP contribution is -2.54. The number of likely N-dealkylation sites (tertiary alicyclic amines) is 1. The van der Waals surface area contributed by atoms with Gasteiger partial charge in [0.1, 0.15) is 40.7 Å². The summed E-state index contributed by atoms with van der Waals surface area (Å²) in [6, 6.07) is 13.8. The lowest BCUT2D eigenvalue weighted by Gasteiger charge is -2.32. The Kier molecular flexibility index (Phi) is 15.1. The Morgan fingerprint density at radius 2 is 1.56 bits per heavy atom. The number of hydrogen-bond acceptors (Lipinski definition) is 15. The highest BCUT2D eigenvalue weighted by atomic mass is 19.1. The summed E-state index contributed by atoms with van der Waals surface area (Å²) in [5, 5.41) is 16.0. The van der Waals surface area contributed by atoms with Crippen LogP contribution in [-0.4, -0.2) is 143 Å². The Hall–Kier alpha value is -7.43. The van der Waals surface area contributed by atoms with Gasteiger partial charge in [0.2, 0.25) is 17.7 Å². The molecule has 1 unspecified atom stereocenters. The summed E-state index contributed by atoms with van der Waals surface area (Å²) >= 11 is 0. The molecule has 22 heteroatoms. The molecule has 3 aromatic heterocycles. The number of nitrogens with zero attached hydrogens (tertiary/aromatic N) is 7. The summed E-state index contributed by atoms with van der Waals surface area (Å²) in [6.45, 7) is 4.13. The van der Waals surface area contributed by atoms with Crippen LogP contribution < -0.4 is 26.2 Å². The number of carbonyl (C=O) groups excluding carboxylic acids is 6. The zero-order valence-electron chi connectivity index (χ0n) is 38.7. The highest BCUT2D eigenvalue weighted by Gasteiger charge is 2.44. The molecule has 3 fully saturated rings. The number of halogens is 2. The highest BCUT2D eigenvalue weighted by Crippen LogP contribution is 2.37. The van der Waals surface area contributed by atoms with E-state index in [-0.39, 0.29) is 66.2 Å². The number of benzene rings is 2. The van der Waals surface area contributed by atoms with Gasteiger partial charge in [0, 0.05) is 56.1 Å². The number of nitrogens with one attached hydrogen (secondary N) is 4. The number of imide groups is 2. The van der Waals surface area contributed by atoms with Crippen molar-refractivity contribution in [3.8, 4) is 0 Å². The minimum absolute atomic E-state index is 0.00683. The number of ether oxygens (including phenoxy) is 3. The van der Waals surface area contributed by atoms with E-state index in [0.717, 1.165) is 23.5 Å². The first kappa shape index (κ1) is 48.6. The predicted molar refractivity (Wildman–Crippen MR) is 253 cm³/mol. The molecule has 9 rings (SSSR count). The van der Waals surface area contributed by atoms with Gasteiger partial charge >= 0.3 is 0 Å². The molecule has 20 nitrogen and oxygen atoms in total. The highest BCUT2D eigenvalue weighted by molar-refractivity contribution is 6.23. The number of amides is 6. The van der Waals surface area contributed by atoms with Gasteiger partial charge in [-0.25, -0.2) is 23.3 Å². The Bertz CT molecular complexity index is 2820. The molecule has 372 valence electrons. The topological polar surface area (TPSA) is 231 Å². The van der Waals surface area contributed by atoms with Gasteiger partial charge in [0.05, 0.1) is 69.4 Å². The van der Waals surface area contributed by atoms with E-state index in [0.29, 0.717) is 107 Å². The fourth-order valence-electron chi connectivity index (χ4n) is 9.26. The van der Waals surface area contributed by atoms with E-state index in [1.54, 1.807) is 48.7 Å². The molecule has 0 aliphatic carbocycles. The van der Waals surface area contributed by atoms with E-state index in [2.05, 4.69) is 31.3 Å². The third kappa shape index (κ3) is 11.3. The summed E-state index contributed by atoms with van der Waals surface area (Å²) in [6.07, 6.45) is 6.41. The van der Waals surface area contributed by atoms with Gasteiger partial charge in [-0.05, 0) is 86.7 Å². The van der Waals surface area contributed by atoms with Crippen LogP contribution >= 0.6 is 0 Å². The van der Waals surface area contributed by atoms with Crippen LogP contribution in [0.3, 0.4) is 0 Å². The average Bonchev–Trinajstić information content (AvgIpc) is 4.09. The van der Waals surface area contributed by atoms with E-state index in [4.69, 9.17) is 19.2 Å². The van der Waals surface area contributed by atoms with Gasteiger partial charge in [-0.2, -0.15) is 5.10 Å². The van der Waals surface area contributed by atoms with Crippen molar-refractivity contribution in [2.24, 2.45) is 0 Å². The second-order valence-corrected chi connectivity index (χ2v) is 17.5. The molecule has 0 spiro atoms. The first-order chi connectivity index (χ1) is 34.5. The van der Waals surface area contributed by atoms with Crippen molar-refractivity contribution >= 4 is 64.1 Å². The maximum Gasteiger partial charge on any atom is 0.274 e. The molecule has 0 bridgehead atoms. The van der Waals surface area contributed by atoms with E-state index >= 15 is 0 Å². The van der Waals surface area contributed by atoms with Crippen LogP contribution in [0.4, 0.5) is 31.8 Å². The number of hydrogen-bond donors (Lipinski definition) is 4. The maximum absolute atomic E-state index is 14.8. The monoisotopic (exact) mass is 977 g/mol. The van der Waals surface area contributed by atoms with Crippen LogP contribution in [0, 0.1) is 11.6 Å². The molecular weight excluding hydrogens is 925 g/mol. The molecule has 7 heterocycles. The molecule has 0 saturated carbocycles. The van der Waals surface area contributed by atoms with Crippen LogP contribution in [0.15, 0.2) is 73.1 Å². The smallest absolute Gasteiger partial charge is 0.274 e. The molecule has 2 atom stereocenters. The van der Waals surface area contributed by atoms with Gasteiger partial charge in [0.15, 0.2) is 5.65 Å². The Balaban J connectivity index is 0.629. The van der Waals surface area contributed by atoms with Crippen LogP contribution in [-0.2, 0) is 28.6 Å². The number of piperidine rings is 2. The molecule has 71 heavy (non-hydrogen) atoms. The van der Waals surface area contributed by atoms with Crippen molar-refractivity contribution in [1.82, 2.24) is 34.7 Å². The molecule has 6 amide bonds. The van der Waals surface area contributed by atoms with E-state index in [1.165, 1.54) is 16.8 Å². The number of aromatic nitrogens is 4. The Labute approximate surface area is 406 Å². The number of anilines is 4. The summed E-state index contributed by atoms with van der Waals surface area (Å²) in [7, 11) is 0. The number of pyridine rings is 1. The van der Waals surface area contributed by atoms with Gasteiger partial charge in [0.25, 0.3) is 17.7 Å². The summed E-state index contributed by atoms with van der Waals surface area (Å²) < 4.78 is 47.2. The van der Waals surface area contributed by atoms with Crippen molar-refractivity contribution in [3.05, 3.63) is 107 Å². The van der Waals surface area contributed by atoms with E-state index < -0.39 is 47.2 Å². The fourth-order valence-corrected chi connectivity index (χ4v) is 9.26. The number of rotatable bonds is 20. The SMILES string of the molecule is O=C1CCC(N2C(=O)c3ccc(NCCOCCOCCOCCC(=O)N4CCC(Nc5cccc(C(=O)Nc6cnn7ccc(N8CCC[C@@H]8c8cc(F)ccc8F)nc67)n5)CC4)cc3C2=O)C(=O)N1. The summed E-state index contributed by atoms with van der Waals surface area (Å²) in [5.41, 5.74) is 2.23. The second kappa shape index (κ2) is 22.1. The van der Waals surface area contributed by atoms with Gasteiger partial charge in [-0.1, -0.05) is 6.07 Å². The predicted octanol–water partition coefficient (Wildman–Crippen LogP) is 4.35. The molecule has 4 aliphatic heterocycles. The number of fused-ring (bicyclic) bond motifs is 2. The van der Waals surface area contributed by atoms with Crippen LogP contribution in [0.2, 0.25) is 0 Å². The third-order valence-corrected chi connectivity index (χ3v) is 12.9. The van der Waals surface area contributed by atoms with Gasteiger partial charge in [-0.15, -0.1) is 0 Å². The van der Waals surface area contributed by atoms with E-state index in [1.807, 2.05) is 9.80 Å². The summed E-state index contributed by atoms with van der Waals surface area (Å²) in [5.74, 6) is -2.56. The Morgan fingerprint density at radius 1 is 0.789 bits per heavy atom. The normalized spacial score (nSPS) is 18.3. The van der Waals surface area contributed by atoms with Crippen molar-refractivity contribution < 1.29 is 51.8 Å². The molecule has 3 saturated heterocycles. The largest absolute Gasteiger partial charge is 0.383 e. The second-order valence-electron chi connectivity index (χ2n) is 17.5. The maximum atomic E-state index is 14.8. The first-order valence-corrected chi connectivity index (χ1v) is 23.7. The van der Waals surface area contributed by atoms with Gasteiger partial charge < -0.3 is 40.0 Å². The van der Waals surface area contributed by atoms with Crippen LogP contribution in [0.1, 0.15) is 87.8 Å². The number of carbonyl (C=O) groups is 6. The quantitative estimate of drug-likeness (QED) is 0.0628. The lowest BCUT2D eigenvalue weighted by molar-refractivity contribution is -0.136. The minimum atomic E-state index is -1.02. The minimum Gasteiger partial charge on any atom is -0.383 e. The third-order valence-electron chi connectivity index (χ3n) is 12.9. The van der Waals surface area contributed by atoms with Crippen LogP contribution in [0.25, 0.3) is 5.65 Å². The zero-order valence-corrected chi connectivity index (χ0v) is 38.7. The lowest BCUT2D eigenvalue weighted by atomic mass is 10.0. The van der Waals surface area contributed by atoms with Crippen molar-refractivity contribution in [2.75, 3.05) is 86.7 Å². The van der Waals surface area contributed by atoms with Crippen molar-refractivity contribution in [2.45, 2.75) is 63.1 Å². The molecule has 5 aromatic rings. The molecule has 0 radical (unpaired) electrons. The Morgan fingerprint density at radius 3 is 2.37 bits per heavy atom. The first-order valence-electron chi connectivity index (χ1n) is 23.7. The zero-order chi connectivity index (χ0) is 49.4. The van der Waals surface area contributed by atoms with E-state index in [9.17, 15) is 37.5 Å². The molecule has 4 N–H and O–H groups in total. The van der Waals surface area contributed by atoms with Crippen molar-refractivity contribution in [3.63, 3.8) is 0 Å². The molecule has 4 aliphatic rings. The van der Waals surface area contributed by atoms with Crippen molar-refractivity contribution in [1.29, 1.82) is 0 Å². The molecular formula is C49H53F2N11O9. The van der Waals surface area contributed by atoms with Crippen LogP contribution in [0.5, 0.6) is 0 Å². The summed E-state index contributed by atoms with van der Waals surface area (Å²) in [4.78, 5) is 90.2. The molecule has 2 aromatic carbocycles.